The molecule has 5 heteroatoms. The number of hydrogen-bond acceptors (Lipinski definition) is 5. The summed E-state index contributed by atoms with van der Waals surface area (Å²) in [5, 5.41) is 19.3. The van der Waals surface area contributed by atoms with E-state index in [4.69, 9.17) is 9.47 Å². The van der Waals surface area contributed by atoms with Gasteiger partial charge in [0.25, 0.3) is 0 Å². The lowest BCUT2D eigenvalue weighted by Crippen LogP contribution is -2.23. The summed E-state index contributed by atoms with van der Waals surface area (Å²) in [6.07, 6.45) is 7.84. The van der Waals surface area contributed by atoms with Gasteiger partial charge in [0.05, 0.1) is 12.2 Å². The Balaban J connectivity index is 3.51. The van der Waals surface area contributed by atoms with Gasteiger partial charge in [0.15, 0.2) is 0 Å². The summed E-state index contributed by atoms with van der Waals surface area (Å²) in [6.45, 7) is 4.18. The minimum absolute atomic E-state index is 0.0441. The van der Waals surface area contributed by atoms with Crippen molar-refractivity contribution in [1.29, 1.82) is 0 Å². The monoisotopic (exact) mass is 318 g/mol. The van der Waals surface area contributed by atoms with Crippen LogP contribution in [0.15, 0.2) is 0 Å². The molecule has 0 heterocycles. The van der Waals surface area contributed by atoms with Gasteiger partial charge in [-0.1, -0.05) is 65.2 Å². The first kappa shape index (κ1) is 21.2. The van der Waals surface area contributed by atoms with Crippen LogP contribution in [-0.2, 0) is 9.47 Å². The number of aliphatic hydroxyl groups is 2. The molecule has 0 radical (unpaired) electrons. The molecule has 2 unspecified atom stereocenters. The molecule has 0 aliphatic rings. The van der Waals surface area contributed by atoms with Crippen LogP contribution in [0.4, 0.5) is 4.79 Å². The number of carbonyl (C=O) groups excluding carboxylic acids is 1. The van der Waals surface area contributed by atoms with Crippen molar-refractivity contribution in [2.75, 3.05) is 13.2 Å². The van der Waals surface area contributed by atoms with Gasteiger partial charge < -0.3 is 19.7 Å². The first-order valence-corrected chi connectivity index (χ1v) is 8.75. The van der Waals surface area contributed by atoms with E-state index in [2.05, 4.69) is 13.8 Å². The zero-order valence-corrected chi connectivity index (χ0v) is 14.3. The van der Waals surface area contributed by atoms with Gasteiger partial charge in [-0.25, -0.2) is 4.79 Å². The van der Waals surface area contributed by atoms with Gasteiger partial charge in [0.1, 0.15) is 13.2 Å². The van der Waals surface area contributed by atoms with E-state index in [1.54, 1.807) is 0 Å². The lowest BCUT2D eigenvalue weighted by Gasteiger charge is -2.13. The van der Waals surface area contributed by atoms with Crippen LogP contribution >= 0.6 is 0 Å². The third-order valence-corrected chi connectivity index (χ3v) is 3.57. The molecular formula is C17H34O5. The number of hydrogen-bond donors (Lipinski definition) is 2. The summed E-state index contributed by atoms with van der Waals surface area (Å²) in [6, 6.07) is 0. The van der Waals surface area contributed by atoms with Gasteiger partial charge in [0, 0.05) is 0 Å². The van der Waals surface area contributed by atoms with Crippen LogP contribution in [0.25, 0.3) is 0 Å². The summed E-state index contributed by atoms with van der Waals surface area (Å²) in [5.74, 6) is 0. The Morgan fingerprint density at radius 2 is 1.18 bits per heavy atom. The molecule has 0 aromatic heterocycles. The van der Waals surface area contributed by atoms with Crippen LogP contribution in [0.3, 0.4) is 0 Å². The SMILES string of the molecule is CCCCCCC(O)COC(=O)OCC(O)CCCCCC. The van der Waals surface area contributed by atoms with E-state index < -0.39 is 18.4 Å². The van der Waals surface area contributed by atoms with Crippen molar-refractivity contribution in [3.8, 4) is 0 Å². The van der Waals surface area contributed by atoms with E-state index in [0.29, 0.717) is 12.8 Å². The fourth-order valence-corrected chi connectivity index (χ4v) is 2.15. The first-order chi connectivity index (χ1) is 10.6. The molecular weight excluding hydrogens is 284 g/mol. The van der Waals surface area contributed by atoms with Crippen molar-refractivity contribution in [3.63, 3.8) is 0 Å². The highest BCUT2D eigenvalue weighted by Gasteiger charge is 2.12. The molecule has 0 bridgehead atoms. The molecule has 5 nitrogen and oxygen atoms in total. The fourth-order valence-electron chi connectivity index (χ4n) is 2.15. The smallest absolute Gasteiger partial charge is 0.432 e. The fraction of sp³-hybridized carbons (Fsp3) is 0.941. The molecule has 2 atom stereocenters. The highest BCUT2D eigenvalue weighted by molar-refractivity contribution is 5.59. The number of carbonyl (C=O) groups is 1. The third-order valence-electron chi connectivity index (χ3n) is 3.57. The normalized spacial score (nSPS) is 13.6. The highest BCUT2D eigenvalue weighted by Crippen LogP contribution is 2.07. The summed E-state index contributed by atoms with van der Waals surface area (Å²) in [4.78, 5) is 11.3. The van der Waals surface area contributed by atoms with E-state index >= 15 is 0 Å². The first-order valence-electron chi connectivity index (χ1n) is 8.75. The Morgan fingerprint density at radius 3 is 1.55 bits per heavy atom. The van der Waals surface area contributed by atoms with Crippen molar-refractivity contribution < 1.29 is 24.5 Å². The molecule has 0 rings (SSSR count). The molecule has 0 amide bonds. The maximum Gasteiger partial charge on any atom is 0.508 e. The van der Waals surface area contributed by atoms with Crippen LogP contribution in [0.5, 0.6) is 0 Å². The van der Waals surface area contributed by atoms with Gasteiger partial charge in [0.2, 0.25) is 0 Å². The molecule has 132 valence electrons. The third kappa shape index (κ3) is 14.1. The van der Waals surface area contributed by atoms with Gasteiger partial charge in [-0.15, -0.1) is 0 Å². The number of rotatable bonds is 14. The molecule has 2 N–H and O–H groups in total. The molecule has 0 saturated heterocycles. The predicted molar refractivity (Wildman–Crippen MR) is 86.8 cm³/mol. The van der Waals surface area contributed by atoms with Gasteiger partial charge in [-0.3, -0.25) is 0 Å². The zero-order valence-electron chi connectivity index (χ0n) is 14.3. The van der Waals surface area contributed by atoms with Gasteiger partial charge in [-0.05, 0) is 12.8 Å². The van der Waals surface area contributed by atoms with Gasteiger partial charge in [-0.2, -0.15) is 0 Å². The number of ether oxygens (including phenoxy) is 2. The second kappa shape index (κ2) is 15.1. The van der Waals surface area contributed by atoms with Crippen molar-refractivity contribution in [3.05, 3.63) is 0 Å². The largest absolute Gasteiger partial charge is 0.508 e. The lowest BCUT2D eigenvalue weighted by atomic mass is 10.1. The zero-order chi connectivity index (χ0) is 16.6. The van der Waals surface area contributed by atoms with Crippen molar-refractivity contribution in [2.45, 2.75) is 90.3 Å². The van der Waals surface area contributed by atoms with E-state index in [1.165, 1.54) is 0 Å². The molecule has 0 saturated carbocycles. The van der Waals surface area contributed by atoms with E-state index in [0.717, 1.165) is 51.4 Å². The highest BCUT2D eigenvalue weighted by atomic mass is 16.7. The summed E-state index contributed by atoms with van der Waals surface area (Å²) >= 11 is 0. The molecule has 0 aromatic carbocycles. The molecule has 0 aliphatic carbocycles. The average Bonchev–Trinajstić information content (AvgIpc) is 2.51. The van der Waals surface area contributed by atoms with Crippen LogP contribution in [0.1, 0.15) is 78.1 Å². The summed E-state index contributed by atoms with van der Waals surface area (Å²) in [7, 11) is 0. The van der Waals surface area contributed by atoms with Crippen LogP contribution in [0.2, 0.25) is 0 Å². The van der Waals surface area contributed by atoms with Crippen LogP contribution in [0, 0.1) is 0 Å². The van der Waals surface area contributed by atoms with Crippen molar-refractivity contribution in [1.82, 2.24) is 0 Å². The van der Waals surface area contributed by atoms with Crippen LogP contribution < -0.4 is 0 Å². The van der Waals surface area contributed by atoms with E-state index in [-0.39, 0.29) is 13.2 Å². The Labute approximate surface area is 135 Å². The average molecular weight is 318 g/mol. The Bertz CT molecular complexity index is 233. The summed E-state index contributed by atoms with van der Waals surface area (Å²) in [5.41, 5.74) is 0. The quantitative estimate of drug-likeness (QED) is 0.376. The second-order valence-corrected chi connectivity index (χ2v) is 5.88. The number of aliphatic hydroxyl groups excluding tert-OH is 2. The maximum absolute atomic E-state index is 11.3. The molecule has 22 heavy (non-hydrogen) atoms. The Morgan fingerprint density at radius 1 is 0.773 bits per heavy atom. The van der Waals surface area contributed by atoms with Crippen molar-refractivity contribution in [2.24, 2.45) is 0 Å². The van der Waals surface area contributed by atoms with Crippen LogP contribution in [-0.4, -0.2) is 41.8 Å². The lowest BCUT2D eigenvalue weighted by molar-refractivity contribution is -0.00549. The molecule has 0 spiro atoms. The van der Waals surface area contributed by atoms with E-state index in [9.17, 15) is 15.0 Å². The van der Waals surface area contributed by atoms with Gasteiger partial charge >= 0.3 is 6.16 Å². The van der Waals surface area contributed by atoms with E-state index in [1.807, 2.05) is 0 Å². The molecule has 0 aromatic rings. The molecule has 0 aliphatic heterocycles. The van der Waals surface area contributed by atoms with Crippen molar-refractivity contribution >= 4 is 6.16 Å². The minimum atomic E-state index is -0.819. The Hall–Kier alpha value is -0.810. The summed E-state index contributed by atoms with van der Waals surface area (Å²) < 4.78 is 9.66. The second-order valence-electron chi connectivity index (χ2n) is 5.88. The topological polar surface area (TPSA) is 76.0 Å². The standard InChI is InChI=1S/C17H34O5/c1-3-5-7-9-11-15(18)13-21-17(20)22-14-16(19)12-10-8-6-4-2/h15-16,18-19H,3-14H2,1-2H3. The predicted octanol–water partition coefficient (Wildman–Crippen LogP) is 3.80. The number of unbranched alkanes of at least 4 members (excludes halogenated alkanes) is 6. The minimum Gasteiger partial charge on any atom is -0.432 e. The Kier molecular flexibility index (Phi) is 14.5. The maximum atomic E-state index is 11.3. The molecule has 0 fully saturated rings.